The van der Waals surface area contributed by atoms with Crippen LogP contribution >= 0.6 is 0 Å². The third-order valence-corrected chi connectivity index (χ3v) is 3.41. The Balaban J connectivity index is 2.52. The molecule has 4 nitrogen and oxygen atoms in total. The van der Waals surface area contributed by atoms with E-state index in [0.717, 1.165) is 38.1 Å². The second-order valence-electron chi connectivity index (χ2n) is 4.74. The van der Waals surface area contributed by atoms with E-state index in [1.807, 2.05) is 19.4 Å². The Kier molecular flexibility index (Phi) is 6.98. The van der Waals surface area contributed by atoms with Gasteiger partial charge in [-0.3, -0.25) is 0 Å². The van der Waals surface area contributed by atoms with Crippen molar-refractivity contribution in [2.75, 3.05) is 13.7 Å². The molecule has 18 heavy (non-hydrogen) atoms. The van der Waals surface area contributed by atoms with E-state index in [-0.39, 0.29) is 6.10 Å². The zero-order valence-electron chi connectivity index (χ0n) is 12.1. The Morgan fingerprint density at radius 1 is 1.44 bits per heavy atom. The second-order valence-corrected chi connectivity index (χ2v) is 4.74. The molecule has 1 heterocycles. The lowest BCUT2D eigenvalue weighted by Crippen LogP contribution is -2.41. The smallest absolute Gasteiger partial charge is 0.108 e. The summed E-state index contributed by atoms with van der Waals surface area (Å²) in [5.74, 6) is 1.14. The molecule has 0 aliphatic carbocycles. The second kappa shape index (κ2) is 8.27. The molecular weight excluding hydrogens is 226 g/mol. The molecule has 104 valence electrons. The van der Waals surface area contributed by atoms with Crippen LogP contribution in [0.5, 0.6) is 0 Å². The van der Waals surface area contributed by atoms with Crippen LogP contribution in [0, 0.1) is 0 Å². The average Bonchev–Trinajstić information content (AvgIpc) is 2.79. The summed E-state index contributed by atoms with van der Waals surface area (Å²) in [6.45, 7) is 5.41. The molecule has 4 heteroatoms. The number of nitrogens with zero attached hydrogens (tertiary/aromatic N) is 2. The molecule has 0 aliphatic heterocycles. The van der Waals surface area contributed by atoms with Crippen molar-refractivity contribution in [3.63, 3.8) is 0 Å². The van der Waals surface area contributed by atoms with Gasteiger partial charge in [-0.15, -0.1) is 0 Å². The molecule has 0 spiro atoms. The van der Waals surface area contributed by atoms with Gasteiger partial charge >= 0.3 is 0 Å². The average molecular weight is 253 g/mol. The van der Waals surface area contributed by atoms with Crippen LogP contribution < -0.4 is 5.32 Å². The van der Waals surface area contributed by atoms with Gasteiger partial charge in [0.05, 0.1) is 6.10 Å². The highest BCUT2D eigenvalue weighted by Crippen LogP contribution is 2.11. The predicted octanol–water partition coefficient (Wildman–Crippen LogP) is 2.15. The lowest BCUT2D eigenvalue weighted by Gasteiger charge is -2.26. The van der Waals surface area contributed by atoms with Gasteiger partial charge in [-0.2, -0.15) is 0 Å². The summed E-state index contributed by atoms with van der Waals surface area (Å²) in [6, 6.07) is 0.414. The number of imidazole rings is 1. The lowest BCUT2D eigenvalue weighted by molar-refractivity contribution is 0.0624. The standard InChI is InChI=1S/C14H27N3O/c1-5-9-15-12(13(6-2)18-4)7-8-14-16-10-11-17(14)3/h10-13,15H,5-9H2,1-4H3. The van der Waals surface area contributed by atoms with Crippen molar-refractivity contribution in [2.24, 2.45) is 7.05 Å². The van der Waals surface area contributed by atoms with Gasteiger partial charge in [0.15, 0.2) is 0 Å². The van der Waals surface area contributed by atoms with E-state index >= 15 is 0 Å². The first-order chi connectivity index (χ1) is 8.72. The van der Waals surface area contributed by atoms with E-state index < -0.39 is 0 Å². The first-order valence-corrected chi connectivity index (χ1v) is 6.95. The molecule has 0 radical (unpaired) electrons. The summed E-state index contributed by atoms with van der Waals surface area (Å²) in [5.41, 5.74) is 0. The van der Waals surface area contributed by atoms with Crippen LogP contribution in [-0.2, 0) is 18.2 Å². The maximum Gasteiger partial charge on any atom is 0.108 e. The maximum atomic E-state index is 5.57. The van der Waals surface area contributed by atoms with Gasteiger partial charge in [0.25, 0.3) is 0 Å². The fourth-order valence-corrected chi connectivity index (χ4v) is 2.29. The van der Waals surface area contributed by atoms with Crippen molar-refractivity contribution < 1.29 is 4.74 Å². The number of nitrogens with one attached hydrogen (secondary N) is 1. The maximum absolute atomic E-state index is 5.57. The highest BCUT2D eigenvalue weighted by Gasteiger charge is 2.19. The van der Waals surface area contributed by atoms with Crippen LogP contribution in [0.1, 0.15) is 38.9 Å². The lowest BCUT2D eigenvalue weighted by atomic mass is 10.0. The topological polar surface area (TPSA) is 39.1 Å². The molecule has 0 saturated carbocycles. The van der Waals surface area contributed by atoms with Crippen LogP contribution in [-0.4, -0.2) is 35.4 Å². The van der Waals surface area contributed by atoms with Gasteiger partial charge < -0.3 is 14.6 Å². The first-order valence-electron chi connectivity index (χ1n) is 6.95. The van der Waals surface area contributed by atoms with Crippen LogP contribution in [0.2, 0.25) is 0 Å². The highest BCUT2D eigenvalue weighted by molar-refractivity contribution is 4.93. The summed E-state index contributed by atoms with van der Waals surface area (Å²) in [4.78, 5) is 4.37. The van der Waals surface area contributed by atoms with E-state index in [9.17, 15) is 0 Å². The minimum Gasteiger partial charge on any atom is -0.380 e. The number of aromatic nitrogens is 2. The minimum atomic E-state index is 0.289. The van der Waals surface area contributed by atoms with Crippen LogP contribution in [0.4, 0.5) is 0 Å². The number of aryl methyl sites for hydroxylation is 2. The Labute approximate surface area is 111 Å². The minimum absolute atomic E-state index is 0.289. The number of hydrogen-bond donors (Lipinski definition) is 1. The molecule has 2 atom stereocenters. The van der Waals surface area contributed by atoms with Gasteiger partial charge in [0.1, 0.15) is 5.82 Å². The van der Waals surface area contributed by atoms with E-state index in [2.05, 4.69) is 28.7 Å². The number of rotatable bonds is 9. The normalized spacial score (nSPS) is 14.7. The Hall–Kier alpha value is -0.870. The van der Waals surface area contributed by atoms with Crippen molar-refractivity contribution in [3.05, 3.63) is 18.2 Å². The molecule has 0 bridgehead atoms. The molecule has 2 unspecified atom stereocenters. The third kappa shape index (κ3) is 4.42. The largest absolute Gasteiger partial charge is 0.380 e. The van der Waals surface area contributed by atoms with E-state index in [4.69, 9.17) is 4.74 Å². The van der Waals surface area contributed by atoms with Crippen molar-refractivity contribution in [2.45, 2.75) is 51.7 Å². The van der Waals surface area contributed by atoms with Gasteiger partial charge in [0, 0.05) is 39.0 Å². The third-order valence-electron chi connectivity index (χ3n) is 3.41. The summed E-state index contributed by atoms with van der Waals surface area (Å²) >= 11 is 0. The molecule has 0 amide bonds. The summed E-state index contributed by atoms with van der Waals surface area (Å²) in [6.07, 6.45) is 8.39. The van der Waals surface area contributed by atoms with Gasteiger partial charge in [-0.05, 0) is 25.8 Å². The van der Waals surface area contributed by atoms with Crippen molar-refractivity contribution in [1.82, 2.24) is 14.9 Å². The molecule has 0 saturated heterocycles. The van der Waals surface area contributed by atoms with Crippen LogP contribution in [0.3, 0.4) is 0 Å². The quantitative estimate of drug-likeness (QED) is 0.733. The molecular formula is C14H27N3O. The van der Waals surface area contributed by atoms with Crippen molar-refractivity contribution >= 4 is 0 Å². The van der Waals surface area contributed by atoms with E-state index in [1.54, 1.807) is 7.11 Å². The van der Waals surface area contributed by atoms with Crippen molar-refractivity contribution in [3.8, 4) is 0 Å². The molecule has 1 aromatic rings. The van der Waals surface area contributed by atoms with Crippen LogP contribution in [0.25, 0.3) is 0 Å². The SMILES string of the molecule is CCCNC(CCc1nccn1C)C(CC)OC. The summed E-state index contributed by atoms with van der Waals surface area (Å²) < 4.78 is 7.66. The van der Waals surface area contributed by atoms with Crippen molar-refractivity contribution in [1.29, 1.82) is 0 Å². The van der Waals surface area contributed by atoms with Gasteiger partial charge in [-0.25, -0.2) is 4.98 Å². The highest BCUT2D eigenvalue weighted by atomic mass is 16.5. The van der Waals surface area contributed by atoms with Gasteiger partial charge in [0.2, 0.25) is 0 Å². The Bertz CT molecular complexity index is 321. The Morgan fingerprint density at radius 2 is 2.22 bits per heavy atom. The first kappa shape index (κ1) is 15.2. The van der Waals surface area contributed by atoms with E-state index in [0.29, 0.717) is 6.04 Å². The molecule has 1 aromatic heterocycles. The molecule has 1 N–H and O–H groups in total. The number of ether oxygens (including phenoxy) is 1. The molecule has 0 fully saturated rings. The van der Waals surface area contributed by atoms with Gasteiger partial charge in [-0.1, -0.05) is 13.8 Å². The van der Waals surface area contributed by atoms with Crippen LogP contribution in [0.15, 0.2) is 12.4 Å². The summed E-state index contributed by atoms with van der Waals surface area (Å²) in [5, 5.41) is 3.59. The Morgan fingerprint density at radius 3 is 2.72 bits per heavy atom. The monoisotopic (exact) mass is 253 g/mol. The molecule has 0 aromatic carbocycles. The number of hydrogen-bond acceptors (Lipinski definition) is 3. The fraction of sp³-hybridized carbons (Fsp3) is 0.786. The number of methoxy groups -OCH3 is 1. The zero-order valence-corrected chi connectivity index (χ0v) is 12.1. The summed E-state index contributed by atoms with van der Waals surface area (Å²) in [7, 11) is 3.85. The van der Waals surface area contributed by atoms with E-state index in [1.165, 1.54) is 0 Å². The molecule has 0 aliphatic rings. The predicted molar refractivity (Wildman–Crippen MR) is 74.7 cm³/mol. The fourth-order valence-electron chi connectivity index (χ4n) is 2.29. The molecule has 1 rings (SSSR count). The zero-order chi connectivity index (χ0) is 13.4.